The van der Waals surface area contributed by atoms with Crippen molar-refractivity contribution in [1.82, 2.24) is 14.9 Å². The summed E-state index contributed by atoms with van der Waals surface area (Å²) in [5.41, 5.74) is 3.42. The first-order valence-corrected chi connectivity index (χ1v) is 9.61. The summed E-state index contributed by atoms with van der Waals surface area (Å²) in [5, 5.41) is 14.5. The standard InChI is InChI=1S/C21H19N4O2S/c1-13-18(15-8-4-5-9-17(15)25(13)21(27)24(2)3)19(26)16-12-28-20(23-16)14-7-6-10-22-11-14/h4-12,26H,1-3H3/q-1. The zero-order valence-corrected chi connectivity index (χ0v) is 16.6. The van der Waals surface area contributed by atoms with Crippen molar-refractivity contribution in [3.63, 3.8) is 0 Å². The highest BCUT2D eigenvalue weighted by Gasteiger charge is 2.18. The van der Waals surface area contributed by atoms with Gasteiger partial charge in [-0.15, -0.1) is 12.1 Å². The van der Waals surface area contributed by atoms with Gasteiger partial charge in [-0.05, 0) is 23.1 Å². The van der Waals surface area contributed by atoms with Crippen LogP contribution in [0.5, 0.6) is 0 Å². The average molecular weight is 391 g/mol. The smallest absolute Gasteiger partial charge is 0.360 e. The van der Waals surface area contributed by atoms with Gasteiger partial charge in [-0.3, -0.25) is 14.7 Å². The Morgan fingerprint density at radius 3 is 2.75 bits per heavy atom. The van der Waals surface area contributed by atoms with Crippen molar-refractivity contribution in [2.24, 2.45) is 0 Å². The van der Waals surface area contributed by atoms with E-state index in [1.165, 1.54) is 16.2 Å². The largest absolute Gasteiger partial charge is 0.439 e. The van der Waals surface area contributed by atoms with Crippen molar-refractivity contribution in [2.75, 3.05) is 14.1 Å². The monoisotopic (exact) mass is 391 g/mol. The predicted molar refractivity (Wildman–Crippen MR) is 108 cm³/mol. The van der Waals surface area contributed by atoms with E-state index in [1.54, 1.807) is 31.1 Å². The van der Waals surface area contributed by atoms with Gasteiger partial charge in [0, 0.05) is 6.20 Å². The molecule has 0 bridgehead atoms. The van der Waals surface area contributed by atoms with E-state index in [9.17, 15) is 9.90 Å². The zero-order chi connectivity index (χ0) is 19.8. The molecule has 4 rings (SSSR count). The lowest BCUT2D eigenvalue weighted by Gasteiger charge is -2.22. The van der Waals surface area contributed by atoms with E-state index in [2.05, 4.69) is 9.97 Å². The van der Waals surface area contributed by atoms with Crippen molar-refractivity contribution in [2.45, 2.75) is 6.92 Å². The van der Waals surface area contributed by atoms with E-state index in [0.717, 1.165) is 21.5 Å². The van der Waals surface area contributed by atoms with E-state index in [-0.39, 0.29) is 12.1 Å². The number of fused-ring (bicyclic) bond motifs is 1. The van der Waals surface area contributed by atoms with Crippen LogP contribution < -0.4 is 4.57 Å². The maximum Gasteiger partial charge on any atom is 0.360 e. The minimum atomic E-state index is -0.165. The van der Waals surface area contributed by atoms with Crippen LogP contribution >= 0.6 is 11.3 Å². The van der Waals surface area contributed by atoms with E-state index in [1.807, 2.05) is 48.7 Å². The molecule has 4 aromatic rings. The molecule has 0 aliphatic carbocycles. The van der Waals surface area contributed by atoms with E-state index in [0.29, 0.717) is 17.0 Å². The zero-order valence-electron chi connectivity index (χ0n) is 15.7. The molecule has 0 unspecified atom stereocenters. The molecule has 0 spiro atoms. The Bertz CT molecular complexity index is 1150. The summed E-state index contributed by atoms with van der Waals surface area (Å²) in [6, 6.07) is 11.2. The lowest BCUT2D eigenvalue weighted by Crippen LogP contribution is -2.50. The number of hydrogen-bond acceptors (Lipinski definition) is 4. The number of benzene rings is 1. The van der Waals surface area contributed by atoms with Crippen molar-refractivity contribution in [3.05, 3.63) is 77.2 Å². The van der Waals surface area contributed by atoms with Crippen molar-refractivity contribution in [3.8, 4) is 10.6 Å². The summed E-state index contributed by atoms with van der Waals surface area (Å²) in [4.78, 5) is 22.9. The first-order valence-electron chi connectivity index (χ1n) is 8.73. The molecule has 6 nitrogen and oxygen atoms in total. The number of aliphatic hydroxyl groups is 1. The Labute approximate surface area is 166 Å². The number of pyridine rings is 1. The highest BCUT2D eigenvalue weighted by Crippen LogP contribution is 2.33. The second-order valence-electron chi connectivity index (χ2n) is 6.62. The molecule has 0 saturated carbocycles. The Morgan fingerprint density at radius 2 is 2.04 bits per heavy atom. The van der Waals surface area contributed by atoms with Crippen LogP contribution in [0.3, 0.4) is 0 Å². The van der Waals surface area contributed by atoms with E-state index < -0.39 is 0 Å². The lowest BCUT2D eigenvalue weighted by molar-refractivity contribution is -0.554. The number of hydrogen-bond donors (Lipinski definition) is 1. The molecule has 142 valence electrons. The minimum Gasteiger partial charge on any atom is -0.439 e. The number of aromatic nitrogens is 3. The molecular weight excluding hydrogens is 372 g/mol. The Kier molecular flexibility index (Phi) is 4.62. The number of carbonyl (C=O) groups excluding carboxylic acids is 1. The van der Waals surface area contributed by atoms with Gasteiger partial charge in [-0.25, -0.2) is 0 Å². The highest BCUT2D eigenvalue weighted by molar-refractivity contribution is 7.13. The van der Waals surface area contributed by atoms with Crippen LogP contribution in [0.25, 0.3) is 21.5 Å². The molecule has 1 aromatic carbocycles. The van der Waals surface area contributed by atoms with Crippen LogP contribution in [-0.2, 0) is 0 Å². The first kappa shape index (κ1) is 18.2. The summed E-state index contributed by atoms with van der Waals surface area (Å²) in [7, 11) is 3.42. The van der Waals surface area contributed by atoms with Gasteiger partial charge in [-0.2, -0.15) is 10.9 Å². The Balaban J connectivity index is 1.83. The van der Waals surface area contributed by atoms with Crippen LogP contribution in [0.4, 0.5) is 4.79 Å². The first-order chi connectivity index (χ1) is 13.5. The van der Waals surface area contributed by atoms with Gasteiger partial charge in [0.1, 0.15) is 5.38 Å². The van der Waals surface area contributed by atoms with Crippen LogP contribution in [0.1, 0.15) is 17.0 Å². The van der Waals surface area contributed by atoms with Gasteiger partial charge < -0.3 is 14.7 Å². The molecule has 0 aliphatic rings. The molecule has 3 aromatic heterocycles. The third-order valence-corrected chi connectivity index (χ3v) is 5.47. The summed E-state index contributed by atoms with van der Waals surface area (Å²) in [6.45, 7) is 1.83. The van der Waals surface area contributed by atoms with Crippen molar-refractivity contribution in [1.29, 1.82) is 0 Å². The maximum atomic E-state index is 12.7. The highest BCUT2D eigenvalue weighted by atomic mass is 32.1. The third-order valence-electron chi connectivity index (χ3n) is 4.58. The second-order valence-corrected chi connectivity index (χ2v) is 7.48. The number of amides is 1. The molecule has 28 heavy (non-hydrogen) atoms. The van der Waals surface area contributed by atoms with E-state index >= 15 is 0 Å². The number of nitrogens with zero attached hydrogens (tertiary/aromatic N) is 4. The summed E-state index contributed by atoms with van der Waals surface area (Å²) < 4.78 is 1.62. The van der Waals surface area contributed by atoms with Crippen molar-refractivity contribution >= 4 is 28.3 Å². The van der Waals surface area contributed by atoms with Crippen LogP contribution in [0.2, 0.25) is 0 Å². The second kappa shape index (κ2) is 7.10. The van der Waals surface area contributed by atoms with Crippen LogP contribution in [-0.4, -0.2) is 40.1 Å². The van der Waals surface area contributed by atoms with Crippen molar-refractivity contribution < 1.29 is 14.5 Å². The normalized spacial score (nSPS) is 11.0. The SMILES string of the molecule is C[c-]1c([C-](O)c2c[s+][c-](-c3cccnc3)n2)c2ccccc2[n+]1C(=O)N(C)C. The molecule has 0 fully saturated rings. The maximum absolute atomic E-state index is 12.7. The fraction of sp³-hybridized carbons (Fsp3) is 0.143. The van der Waals surface area contributed by atoms with Gasteiger partial charge in [-0.1, -0.05) is 42.8 Å². The van der Waals surface area contributed by atoms with Gasteiger partial charge in [0.2, 0.25) is 5.01 Å². The summed E-state index contributed by atoms with van der Waals surface area (Å²) >= 11 is 1.44. The quantitative estimate of drug-likeness (QED) is 0.330. The fourth-order valence-corrected chi connectivity index (χ4v) is 4.04. The molecular formula is C21H19N4O2S-. The molecule has 1 amide bonds. The summed E-state index contributed by atoms with van der Waals surface area (Å²) in [6.07, 6.45) is 3.51. The average Bonchev–Trinajstić information content (AvgIpc) is 3.30. The van der Waals surface area contributed by atoms with Gasteiger partial charge in [0.15, 0.2) is 11.3 Å². The van der Waals surface area contributed by atoms with Gasteiger partial charge in [0.05, 0.1) is 14.1 Å². The number of para-hydroxylation sites is 1. The van der Waals surface area contributed by atoms with Gasteiger partial charge >= 0.3 is 6.03 Å². The number of thiazole rings is 1. The predicted octanol–water partition coefficient (Wildman–Crippen LogP) is 3.50. The summed E-state index contributed by atoms with van der Waals surface area (Å²) in [5.74, 6) is 0. The lowest BCUT2D eigenvalue weighted by atomic mass is 10.0. The Morgan fingerprint density at radius 1 is 1.25 bits per heavy atom. The minimum absolute atomic E-state index is 0.0606. The molecule has 3 heterocycles. The molecule has 1 N–H and O–H groups in total. The molecule has 0 atom stereocenters. The molecule has 0 saturated heterocycles. The number of rotatable bonds is 3. The topological polar surface area (TPSA) is 70.2 Å². The Hall–Kier alpha value is -3.16. The molecule has 0 aliphatic heterocycles. The van der Waals surface area contributed by atoms with E-state index in [4.69, 9.17) is 0 Å². The number of aliphatic hydroxyl groups excluding tert-OH is 1. The number of carbonyl (C=O) groups is 1. The van der Waals surface area contributed by atoms with Crippen LogP contribution in [0.15, 0.2) is 54.2 Å². The van der Waals surface area contributed by atoms with Gasteiger partial charge in [0.25, 0.3) is 0 Å². The van der Waals surface area contributed by atoms with Crippen LogP contribution in [0, 0.1) is 13.0 Å². The fourth-order valence-electron chi connectivity index (χ4n) is 3.25. The molecule has 0 radical (unpaired) electrons. The third kappa shape index (κ3) is 2.94. The molecule has 7 heteroatoms.